The van der Waals surface area contributed by atoms with Gasteiger partial charge in [0.2, 0.25) is 0 Å². The smallest absolute Gasteiger partial charge is 0.129 e. The monoisotopic (exact) mass is 327 g/mol. The molecule has 128 valence electrons. The molecule has 24 heavy (non-hydrogen) atoms. The first-order chi connectivity index (χ1) is 11.7. The van der Waals surface area contributed by atoms with E-state index in [0.717, 1.165) is 50.0 Å². The fourth-order valence-electron chi connectivity index (χ4n) is 2.86. The fourth-order valence-corrected chi connectivity index (χ4v) is 2.86. The summed E-state index contributed by atoms with van der Waals surface area (Å²) in [6, 6.07) is 15.8. The van der Waals surface area contributed by atoms with Gasteiger partial charge in [0.15, 0.2) is 0 Å². The minimum Gasteiger partial charge on any atom is -0.492 e. The summed E-state index contributed by atoms with van der Waals surface area (Å²) in [7, 11) is 0. The van der Waals surface area contributed by atoms with Crippen LogP contribution in [0.3, 0.4) is 0 Å². The van der Waals surface area contributed by atoms with Gasteiger partial charge in [0.05, 0.1) is 11.8 Å². The van der Waals surface area contributed by atoms with Gasteiger partial charge in [-0.2, -0.15) is 0 Å². The van der Waals surface area contributed by atoms with Crippen LogP contribution in [0, 0.1) is 0 Å². The van der Waals surface area contributed by atoms with Gasteiger partial charge < -0.3 is 14.7 Å². The number of hydrogen-bond donors (Lipinski definition) is 1. The molecule has 3 rings (SSSR count). The molecule has 0 bridgehead atoms. The number of nitrogens with zero attached hydrogens (tertiary/aromatic N) is 3. The zero-order valence-electron chi connectivity index (χ0n) is 14.1. The first-order valence-electron chi connectivity index (χ1n) is 8.52. The van der Waals surface area contributed by atoms with Gasteiger partial charge in [-0.25, -0.2) is 4.98 Å². The van der Waals surface area contributed by atoms with Crippen molar-refractivity contribution in [1.29, 1.82) is 0 Å². The van der Waals surface area contributed by atoms with Crippen molar-refractivity contribution in [2.45, 2.75) is 13.0 Å². The maximum Gasteiger partial charge on any atom is 0.129 e. The van der Waals surface area contributed by atoms with Crippen molar-refractivity contribution in [3.05, 3.63) is 54.2 Å². The van der Waals surface area contributed by atoms with E-state index in [2.05, 4.69) is 14.8 Å². The maximum absolute atomic E-state index is 9.68. The van der Waals surface area contributed by atoms with Crippen molar-refractivity contribution in [3.63, 3.8) is 0 Å². The molecule has 0 amide bonds. The molecule has 1 N–H and O–H groups in total. The summed E-state index contributed by atoms with van der Waals surface area (Å²) in [4.78, 5) is 9.25. The lowest BCUT2D eigenvalue weighted by molar-refractivity contribution is 0.193. The molecule has 0 aliphatic carbocycles. The minimum absolute atomic E-state index is 0.527. The van der Waals surface area contributed by atoms with Gasteiger partial charge in [-0.15, -0.1) is 0 Å². The highest BCUT2D eigenvalue weighted by molar-refractivity contribution is 5.40. The van der Waals surface area contributed by atoms with E-state index in [0.29, 0.717) is 6.61 Å². The van der Waals surface area contributed by atoms with Crippen LogP contribution in [0.2, 0.25) is 0 Å². The van der Waals surface area contributed by atoms with Gasteiger partial charge in [0.1, 0.15) is 18.2 Å². The van der Waals surface area contributed by atoms with Gasteiger partial charge in [0.25, 0.3) is 0 Å². The summed E-state index contributed by atoms with van der Waals surface area (Å²) < 4.78 is 5.77. The summed E-state index contributed by atoms with van der Waals surface area (Å²) in [6.45, 7) is 7.28. The second kappa shape index (κ2) is 8.13. The Balaban J connectivity index is 1.45. The third-order valence-electron chi connectivity index (χ3n) is 4.30. The standard InChI is InChI=1S/C19H25N3O2/c1-16(23)18-8-5-9-19(20-18)22-12-10-21(11-13-22)14-15-24-17-6-3-2-4-7-17/h2-9,16,23H,10-15H2,1H3. The minimum atomic E-state index is -0.527. The van der Waals surface area contributed by atoms with E-state index in [1.54, 1.807) is 6.92 Å². The largest absolute Gasteiger partial charge is 0.492 e. The van der Waals surface area contributed by atoms with Crippen LogP contribution in [0.15, 0.2) is 48.5 Å². The molecule has 1 aromatic carbocycles. The highest BCUT2D eigenvalue weighted by Crippen LogP contribution is 2.17. The van der Waals surface area contributed by atoms with E-state index >= 15 is 0 Å². The molecule has 0 radical (unpaired) electrons. The Morgan fingerprint density at radius 1 is 1.04 bits per heavy atom. The number of piperazine rings is 1. The number of aromatic nitrogens is 1. The van der Waals surface area contributed by atoms with Crippen LogP contribution in [-0.2, 0) is 0 Å². The summed E-state index contributed by atoms with van der Waals surface area (Å²) in [5.41, 5.74) is 0.728. The van der Waals surface area contributed by atoms with Gasteiger partial charge >= 0.3 is 0 Å². The number of para-hydroxylation sites is 1. The Morgan fingerprint density at radius 3 is 2.50 bits per heavy atom. The lowest BCUT2D eigenvalue weighted by Crippen LogP contribution is -2.47. The molecule has 1 saturated heterocycles. The lowest BCUT2D eigenvalue weighted by Gasteiger charge is -2.35. The van der Waals surface area contributed by atoms with Crippen molar-refractivity contribution >= 4 is 5.82 Å². The van der Waals surface area contributed by atoms with Gasteiger partial charge in [-0.05, 0) is 31.2 Å². The third-order valence-corrected chi connectivity index (χ3v) is 4.30. The maximum atomic E-state index is 9.68. The predicted molar refractivity (Wildman–Crippen MR) is 95.5 cm³/mol. The number of hydrogen-bond acceptors (Lipinski definition) is 5. The third kappa shape index (κ3) is 4.46. The molecular weight excluding hydrogens is 302 g/mol. The first-order valence-corrected chi connectivity index (χ1v) is 8.52. The lowest BCUT2D eigenvalue weighted by atomic mass is 10.2. The molecule has 5 nitrogen and oxygen atoms in total. The highest BCUT2D eigenvalue weighted by atomic mass is 16.5. The van der Waals surface area contributed by atoms with E-state index < -0.39 is 6.10 Å². The van der Waals surface area contributed by atoms with Crippen molar-refractivity contribution in [3.8, 4) is 5.75 Å². The topological polar surface area (TPSA) is 48.8 Å². The van der Waals surface area contributed by atoms with Crippen LogP contribution >= 0.6 is 0 Å². The summed E-state index contributed by atoms with van der Waals surface area (Å²) in [5.74, 6) is 1.88. The quantitative estimate of drug-likeness (QED) is 0.882. The molecule has 0 saturated carbocycles. The molecule has 1 fully saturated rings. The summed E-state index contributed by atoms with van der Waals surface area (Å²) in [5, 5.41) is 9.68. The van der Waals surface area contributed by atoms with Crippen LogP contribution in [0.1, 0.15) is 18.7 Å². The zero-order chi connectivity index (χ0) is 16.8. The van der Waals surface area contributed by atoms with E-state index in [1.165, 1.54) is 0 Å². The second-order valence-electron chi connectivity index (χ2n) is 6.09. The predicted octanol–water partition coefficient (Wildman–Crippen LogP) is 2.34. The molecular formula is C19H25N3O2. The van der Waals surface area contributed by atoms with Crippen LogP contribution in [0.4, 0.5) is 5.82 Å². The number of benzene rings is 1. The second-order valence-corrected chi connectivity index (χ2v) is 6.09. The number of rotatable bonds is 6. The number of aliphatic hydroxyl groups is 1. The summed E-state index contributed by atoms with van der Waals surface area (Å²) >= 11 is 0. The van der Waals surface area contributed by atoms with E-state index in [4.69, 9.17) is 4.74 Å². The van der Waals surface area contributed by atoms with E-state index in [9.17, 15) is 5.11 Å². The van der Waals surface area contributed by atoms with Crippen molar-refractivity contribution in [2.24, 2.45) is 0 Å². The molecule has 5 heteroatoms. The van der Waals surface area contributed by atoms with Gasteiger partial charge in [-0.3, -0.25) is 4.90 Å². The van der Waals surface area contributed by atoms with E-state index in [1.807, 2.05) is 48.5 Å². The van der Waals surface area contributed by atoms with Crippen LogP contribution in [0.5, 0.6) is 5.75 Å². The Labute approximate surface area is 143 Å². The van der Waals surface area contributed by atoms with Crippen LogP contribution in [0.25, 0.3) is 0 Å². The first kappa shape index (κ1) is 16.7. The SMILES string of the molecule is CC(O)c1cccc(N2CCN(CCOc3ccccc3)CC2)n1. The molecule has 1 aliphatic rings. The average Bonchev–Trinajstić information content (AvgIpc) is 2.63. The zero-order valence-corrected chi connectivity index (χ0v) is 14.1. The molecule has 2 aromatic rings. The van der Waals surface area contributed by atoms with E-state index in [-0.39, 0.29) is 0 Å². The van der Waals surface area contributed by atoms with Crippen molar-refractivity contribution in [2.75, 3.05) is 44.2 Å². The number of ether oxygens (including phenoxy) is 1. The normalized spacial score (nSPS) is 16.8. The molecule has 1 atom stereocenters. The highest BCUT2D eigenvalue weighted by Gasteiger charge is 2.18. The molecule has 1 aromatic heterocycles. The Hall–Kier alpha value is -2.11. The van der Waals surface area contributed by atoms with Crippen LogP contribution in [-0.4, -0.2) is 54.3 Å². The number of pyridine rings is 1. The molecule has 0 spiro atoms. The van der Waals surface area contributed by atoms with Crippen molar-refractivity contribution < 1.29 is 9.84 Å². The van der Waals surface area contributed by atoms with Gasteiger partial charge in [0, 0.05) is 32.7 Å². The average molecular weight is 327 g/mol. The van der Waals surface area contributed by atoms with Crippen LogP contribution < -0.4 is 9.64 Å². The molecule has 1 aliphatic heterocycles. The molecule has 1 unspecified atom stereocenters. The Kier molecular flexibility index (Phi) is 5.67. The molecule has 2 heterocycles. The Bertz CT molecular complexity index is 626. The summed E-state index contributed by atoms with van der Waals surface area (Å²) in [6.07, 6.45) is -0.527. The van der Waals surface area contributed by atoms with Crippen molar-refractivity contribution in [1.82, 2.24) is 9.88 Å². The Morgan fingerprint density at radius 2 is 1.79 bits per heavy atom. The fraction of sp³-hybridized carbons (Fsp3) is 0.421. The number of aliphatic hydroxyl groups excluding tert-OH is 1. The van der Waals surface area contributed by atoms with Gasteiger partial charge in [-0.1, -0.05) is 24.3 Å². The number of anilines is 1.